The SMILES string of the molecule is Cc1cc([N+](=O)[O-])ccc1N1C(=O)[C@H]2[C@H]3CCCN3[C@@]3(C(=O)Nc4c3ccc(Cl)c4C)[C@@H]2C1=O. The van der Waals surface area contributed by atoms with Crippen molar-refractivity contribution in [3.8, 4) is 0 Å². The van der Waals surface area contributed by atoms with Crippen molar-refractivity contribution in [1.82, 2.24) is 4.90 Å². The normalized spacial score (nSPS) is 29.6. The zero-order chi connectivity index (χ0) is 24.1. The first-order valence-electron chi connectivity index (χ1n) is 11.2. The molecule has 4 heterocycles. The fraction of sp³-hybridized carbons (Fsp3) is 0.375. The van der Waals surface area contributed by atoms with Gasteiger partial charge in [-0.2, -0.15) is 0 Å². The van der Waals surface area contributed by atoms with Gasteiger partial charge in [0, 0.05) is 28.8 Å². The number of halogens is 1. The predicted molar refractivity (Wildman–Crippen MR) is 124 cm³/mol. The Hall–Kier alpha value is -3.30. The molecule has 10 heteroatoms. The molecule has 1 N–H and O–H groups in total. The summed E-state index contributed by atoms with van der Waals surface area (Å²) in [6, 6.07) is 7.36. The highest BCUT2D eigenvalue weighted by Crippen LogP contribution is 2.61. The maximum atomic E-state index is 14.0. The van der Waals surface area contributed by atoms with Crippen LogP contribution in [0.4, 0.5) is 17.1 Å². The Kier molecular flexibility index (Phi) is 4.29. The molecule has 2 aromatic rings. The molecule has 0 aliphatic carbocycles. The number of non-ortho nitro benzene ring substituents is 1. The van der Waals surface area contributed by atoms with Crippen molar-refractivity contribution in [3.63, 3.8) is 0 Å². The Morgan fingerprint density at radius 3 is 2.62 bits per heavy atom. The lowest BCUT2D eigenvalue weighted by molar-refractivity contribution is -0.384. The van der Waals surface area contributed by atoms with Crippen molar-refractivity contribution in [2.75, 3.05) is 16.8 Å². The molecule has 0 bridgehead atoms. The van der Waals surface area contributed by atoms with E-state index in [0.29, 0.717) is 40.5 Å². The molecule has 0 aromatic heterocycles. The Balaban J connectivity index is 1.54. The molecule has 4 atom stereocenters. The molecule has 2 aromatic carbocycles. The molecule has 1 spiro atoms. The van der Waals surface area contributed by atoms with Crippen LogP contribution in [0.1, 0.15) is 29.5 Å². The van der Waals surface area contributed by atoms with E-state index in [1.807, 2.05) is 11.8 Å². The molecule has 0 saturated carbocycles. The second-order valence-corrected chi connectivity index (χ2v) is 9.87. The molecule has 3 fully saturated rings. The van der Waals surface area contributed by atoms with Crippen molar-refractivity contribution in [2.24, 2.45) is 11.8 Å². The molecule has 6 rings (SSSR count). The summed E-state index contributed by atoms with van der Waals surface area (Å²) in [4.78, 5) is 55.4. The number of hydrogen-bond acceptors (Lipinski definition) is 6. The minimum Gasteiger partial charge on any atom is -0.324 e. The summed E-state index contributed by atoms with van der Waals surface area (Å²) in [5.41, 5.74) is 1.38. The van der Waals surface area contributed by atoms with Crippen LogP contribution < -0.4 is 10.2 Å². The first-order chi connectivity index (χ1) is 16.2. The number of fused-ring (bicyclic) bond motifs is 7. The number of nitrogens with one attached hydrogen (secondary N) is 1. The Bertz CT molecular complexity index is 1340. The maximum absolute atomic E-state index is 14.0. The van der Waals surface area contributed by atoms with Crippen LogP contribution in [0, 0.1) is 35.8 Å². The third-order valence-electron chi connectivity index (χ3n) is 7.99. The van der Waals surface area contributed by atoms with Crippen LogP contribution in [0.15, 0.2) is 30.3 Å². The van der Waals surface area contributed by atoms with Crippen LogP contribution in [0.25, 0.3) is 0 Å². The summed E-state index contributed by atoms with van der Waals surface area (Å²) in [5, 5.41) is 14.7. The lowest BCUT2D eigenvalue weighted by atomic mass is 9.75. The molecule has 3 saturated heterocycles. The zero-order valence-electron chi connectivity index (χ0n) is 18.5. The third-order valence-corrected chi connectivity index (χ3v) is 8.40. The van der Waals surface area contributed by atoms with Gasteiger partial charge in [-0.1, -0.05) is 17.7 Å². The minimum atomic E-state index is -1.29. The molecule has 34 heavy (non-hydrogen) atoms. The van der Waals surface area contributed by atoms with E-state index in [0.717, 1.165) is 16.9 Å². The summed E-state index contributed by atoms with van der Waals surface area (Å²) in [5.74, 6) is -2.67. The summed E-state index contributed by atoms with van der Waals surface area (Å²) in [7, 11) is 0. The van der Waals surface area contributed by atoms with Crippen LogP contribution in [0.3, 0.4) is 0 Å². The molecule has 174 valence electrons. The highest BCUT2D eigenvalue weighted by Gasteiger charge is 2.74. The van der Waals surface area contributed by atoms with Gasteiger partial charge in [0.15, 0.2) is 0 Å². The van der Waals surface area contributed by atoms with Crippen LogP contribution in [0.2, 0.25) is 5.02 Å². The Morgan fingerprint density at radius 1 is 1.15 bits per heavy atom. The van der Waals surface area contributed by atoms with E-state index in [1.165, 1.54) is 18.2 Å². The molecule has 0 radical (unpaired) electrons. The number of amides is 3. The molecule has 9 nitrogen and oxygen atoms in total. The second-order valence-electron chi connectivity index (χ2n) is 9.46. The number of hydrogen-bond donors (Lipinski definition) is 1. The van der Waals surface area contributed by atoms with Crippen molar-refractivity contribution < 1.29 is 19.3 Å². The van der Waals surface area contributed by atoms with Crippen molar-refractivity contribution in [2.45, 2.75) is 38.3 Å². The number of carbonyl (C=O) groups is 3. The van der Waals surface area contributed by atoms with Crippen LogP contribution in [0.5, 0.6) is 0 Å². The highest BCUT2D eigenvalue weighted by molar-refractivity contribution is 6.32. The predicted octanol–water partition coefficient (Wildman–Crippen LogP) is 3.30. The fourth-order valence-electron chi connectivity index (χ4n) is 6.63. The van der Waals surface area contributed by atoms with Gasteiger partial charge in [0.1, 0.15) is 5.54 Å². The average molecular weight is 481 g/mol. The highest BCUT2D eigenvalue weighted by atomic mass is 35.5. The molecule has 4 aliphatic rings. The van der Waals surface area contributed by atoms with E-state index in [1.54, 1.807) is 19.1 Å². The van der Waals surface area contributed by atoms with Crippen molar-refractivity contribution >= 4 is 46.4 Å². The second kappa shape index (κ2) is 6.86. The van der Waals surface area contributed by atoms with E-state index >= 15 is 0 Å². The average Bonchev–Trinajstić information content (AvgIpc) is 3.50. The largest absolute Gasteiger partial charge is 0.324 e. The first-order valence-corrected chi connectivity index (χ1v) is 11.6. The first kappa shape index (κ1) is 21.2. The molecule has 0 unspecified atom stereocenters. The third kappa shape index (κ3) is 2.35. The number of aryl methyl sites for hydroxylation is 1. The molecule has 4 aliphatic heterocycles. The smallest absolute Gasteiger partial charge is 0.269 e. The number of imide groups is 1. The summed E-state index contributed by atoms with van der Waals surface area (Å²) < 4.78 is 0. The van der Waals surface area contributed by atoms with Gasteiger partial charge in [-0.25, -0.2) is 4.90 Å². The number of carbonyl (C=O) groups excluding carboxylic acids is 3. The van der Waals surface area contributed by atoms with Crippen LogP contribution >= 0.6 is 11.6 Å². The summed E-state index contributed by atoms with van der Waals surface area (Å²) >= 11 is 6.32. The topological polar surface area (TPSA) is 113 Å². The number of rotatable bonds is 2. The monoisotopic (exact) mass is 480 g/mol. The Labute approximate surface area is 199 Å². The van der Waals surface area contributed by atoms with E-state index in [-0.39, 0.29) is 23.5 Å². The van der Waals surface area contributed by atoms with Gasteiger partial charge < -0.3 is 5.32 Å². The van der Waals surface area contributed by atoms with Gasteiger partial charge in [0.25, 0.3) is 5.69 Å². The standard InChI is InChI=1S/C24H21ClN4O5/c1-11-10-13(29(33)34)5-8-16(11)28-21(30)18-17-4-3-9-27(17)24(19(18)22(28)31)14-6-7-15(25)12(2)20(14)26-23(24)32/h5-8,10,17-19H,3-4,9H2,1-2H3,(H,26,32)/t17-,18+,19+,24-/m1/s1. The van der Waals surface area contributed by atoms with Crippen LogP contribution in [-0.2, 0) is 19.9 Å². The van der Waals surface area contributed by atoms with Gasteiger partial charge in [-0.3, -0.25) is 29.4 Å². The van der Waals surface area contributed by atoms with Gasteiger partial charge >= 0.3 is 0 Å². The number of benzene rings is 2. The van der Waals surface area contributed by atoms with E-state index in [4.69, 9.17) is 11.6 Å². The lowest BCUT2D eigenvalue weighted by Crippen LogP contribution is -2.54. The van der Waals surface area contributed by atoms with Crippen molar-refractivity contribution in [3.05, 3.63) is 62.2 Å². The number of nitro groups is 1. The number of nitrogens with zero attached hydrogens (tertiary/aromatic N) is 3. The quantitative estimate of drug-likeness (QED) is 0.401. The number of nitro benzene ring substituents is 1. The Morgan fingerprint density at radius 2 is 1.91 bits per heavy atom. The van der Waals surface area contributed by atoms with Gasteiger partial charge in [-0.15, -0.1) is 0 Å². The maximum Gasteiger partial charge on any atom is 0.269 e. The van der Waals surface area contributed by atoms with Gasteiger partial charge in [0.05, 0.1) is 28.1 Å². The molecular formula is C24H21ClN4O5. The fourth-order valence-corrected chi connectivity index (χ4v) is 6.79. The van der Waals surface area contributed by atoms with Crippen molar-refractivity contribution in [1.29, 1.82) is 0 Å². The van der Waals surface area contributed by atoms with E-state index in [9.17, 15) is 24.5 Å². The van der Waals surface area contributed by atoms with Gasteiger partial charge in [-0.05, 0) is 56.5 Å². The lowest BCUT2D eigenvalue weighted by Gasteiger charge is -2.36. The summed E-state index contributed by atoms with van der Waals surface area (Å²) in [6.07, 6.45) is 1.53. The molecular weight excluding hydrogens is 460 g/mol. The van der Waals surface area contributed by atoms with Crippen LogP contribution in [-0.4, -0.2) is 40.1 Å². The number of anilines is 2. The van der Waals surface area contributed by atoms with E-state index in [2.05, 4.69) is 5.32 Å². The van der Waals surface area contributed by atoms with E-state index < -0.39 is 28.2 Å². The van der Waals surface area contributed by atoms with Gasteiger partial charge in [0.2, 0.25) is 17.7 Å². The zero-order valence-corrected chi connectivity index (χ0v) is 19.3. The molecule has 3 amide bonds. The summed E-state index contributed by atoms with van der Waals surface area (Å²) in [6.45, 7) is 4.07. The minimum absolute atomic E-state index is 0.115.